The molecule has 33 heavy (non-hydrogen) atoms. The first-order valence-corrected chi connectivity index (χ1v) is 11.6. The molecule has 0 unspecified atom stereocenters. The van der Waals surface area contributed by atoms with Crippen LogP contribution in [0.25, 0.3) is 5.57 Å². The van der Waals surface area contributed by atoms with Crippen LogP contribution in [-0.4, -0.2) is 55.0 Å². The summed E-state index contributed by atoms with van der Waals surface area (Å²) in [5, 5.41) is 0. The summed E-state index contributed by atoms with van der Waals surface area (Å²) in [7, 11) is 1.61. The molecule has 2 aliphatic heterocycles. The Kier molecular flexibility index (Phi) is 6.72. The molecule has 1 fully saturated rings. The van der Waals surface area contributed by atoms with E-state index in [-0.39, 0.29) is 25.0 Å². The van der Waals surface area contributed by atoms with Crippen LogP contribution in [-0.2, 0) is 9.59 Å². The molecule has 6 heteroatoms. The summed E-state index contributed by atoms with van der Waals surface area (Å²) in [6.45, 7) is 8.28. The number of imide groups is 1. The number of likely N-dealkylation sites (tertiary alicyclic amines) is 1. The number of aryl methyl sites for hydroxylation is 2. The molecule has 2 aromatic carbocycles. The van der Waals surface area contributed by atoms with Crippen molar-refractivity contribution in [2.45, 2.75) is 33.6 Å². The van der Waals surface area contributed by atoms with Gasteiger partial charge in [0.1, 0.15) is 23.8 Å². The lowest BCUT2D eigenvalue weighted by Crippen LogP contribution is -2.39. The van der Waals surface area contributed by atoms with E-state index in [1.165, 1.54) is 4.90 Å². The number of carbonyl (C=O) groups is 2. The Hall–Kier alpha value is -3.28. The maximum absolute atomic E-state index is 13.5. The molecule has 0 saturated carbocycles. The van der Waals surface area contributed by atoms with Crippen LogP contribution >= 0.6 is 0 Å². The fraction of sp³-hybridized carbons (Fsp3) is 0.407. The number of methoxy groups -OCH3 is 1. The highest BCUT2D eigenvalue weighted by Crippen LogP contribution is 2.35. The van der Waals surface area contributed by atoms with Gasteiger partial charge in [-0.1, -0.05) is 30.7 Å². The largest absolute Gasteiger partial charge is 0.497 e. The number of amides is 2. The minimum absolute atomic E-state index is 0.200. The fourth-order valence-corrected chi connectivity index (χ4v) is 4.56. The van der Waals surface area contributed by atoms with E-state index in [1.54, 1.807) is 7.11 Å². The molecule has 0 N–H and O–H groups in total. The van der Waals surface area contributed by atoms with Gasteiger partial charge in [-0.25, -0.2) is 0 Å². The number of hydrogen-bond acceptors (Lipinski definition) is 5. The molecular weight excluding hydrogens is 416 g/mol. The third kappa shape index (κ3) is 4.75. The van der Waals surface area contributed by atoms with Gasteiger partial charge in [-0.15, -0.1) is 0 Å². The molecule has 6 nitrogen and oxygen atoms in total. The molecule has 0 bridgehead atoms. The Morgan fingerprint density at radius 1 is 0.939 bits per heavy atom. The molecule has 2 aliphatic rings. The summed E-state index contributed by atoms with van der Waals surface area (Å²) in [6, 6.07) is 13.3. The summed E-state index contributed by atoms with van der Waals surface area (Å²) in [6.07, 6.45) is 2.04. The number of rotatable bonds is 7. The molecule has 0 spiro atoms. The van der Waals surface area contributed by atoms with Gasteiger partial charge in [0.05, 0.1) is 19.2 Å². The minimum atomic E-state index is -0.237. The molecular formula is C27H32N2O4. The van der Waals surface area contributed by atoms with Gasteiger partial charge in [-0.3, -0.25) is 14.5 Å². The molecule has 2 heterocycles. The summed E-state index contributed by atoms with van der Waals surface area (Å²) >= 11 is 0. The number of benzene rings is 2. The predicted octanol–water partition coefficient (Wildman–Crippen LogP) is 4.20. The van der Waals surface area contributed by atoms with E-state index in [1.807, 2.05) is 50.2 Å². The van der Waals surface area contributed by atoms with Gasteiger partial charge >= 0.3 is 0 Å². The van der Waals surface area contributed by atoms with Crippen molar-refractivity contribution in [1.82, 2.24) is 9.80 Å². The topological polar surface area (TPSA) is 59.1 Å². The second-order valence-corrected chi connectivity index (χ2v) is 9.00. The first-order chi connectivity index (χ1) is 15.9. The van der Waals surface area contributed by atoms with E-state index in [0.29, 0.717) is 22.9 Å². The number of hydrogen-bond donors (Lipinski definition) is 0. The van der Waals surface area contributed by atoms with Crippen LogP contribution in [0.15, 0.2) is 48.2 Å². The van der Waals surface area contributed by atoms with Crippen LogP contribution in [0.5, 0.6) is 11.5 Å². The zero-order valence-electron chi connectivity index (χ0n) is 19.9. The predicted molar refractivity (Wildman–Crippen MR) is 128 cm³/mol. The van der Waals surface area contributed by atoms with Crippen molar-refractivity contribution in [2.75, 3.05) is 33.4 Å². The molecule has 4 rings (SSSR count). The van der Waals surface area contributed by atoms with Gasteiger partial charge in [0, 0.05) is 13.1 Å². The van der Waals surface area contributed by atoms with Gasteiger partial charge in [-0.05, 0) is 68.0 Å². The zero-order valence-corrected chi connectivity index (χ0v) is 19.9. The van der Waals surface area contributed by atoms with Crippen LogP contribution in [0, 0.1) is 19.8 Å². The first kappa shape index (κ1) is 22.9. The first-order valence-electron chi connectivity index (χ1n) is 11.6. The number of piperidine rings is 1. The van der Waals surface area contributed by atoms with E-state index in [9.17, 15) is 9.59 Å². The van der Waals surface area contributed by atoms with Gasteiger partial charge in [0.2, 0.25) is 0 Å². The Bertz CT molecular complexity index is 1070. The molecule has 0 aliphatic carbocycles. The lowest BCUT2D eigenvalue weighted by Gasteiger charge is -2.32. The third-order valence-electron chi connectivity index (χ3n) is 6.54. The summed E-state index contributed by atoms with van der Waals surface area (Å²) in [5.41, 5.74) is 4.04. The Morgan fingerprint density at radius 3 is 2.24 bits per heavy atom. The molecule has 0 atom stereocenters. The van der Waals surface area contributed by atoms with Crippen molar-refractivity contribution in [3.8, 4) is 11.5 Å². The third-order valence-corrected chi connectivity index (χ3v) is 6.54. The van der Waals surface area contributed by atoms with Crippen LogP contribution < -0.4 is 9.47 Å². The van der Waals surface area contributed by atoms with Crippen molar-refractivity contribution >= 4 is 17.4 Å². The van der Waals surface area contributed by atoms with Gasteiger partial charge in [0.15, 0.2) is 0 Å². The van der Waals surface area contributed by atoms with E-state index in [4.69, 9.17) is 9.47 Å². The molecule has 0 aromatic heterocycles. The lowest BCUT2D eigenvalue weighted by atomic mass is 9.95. The van der Waals surface area contributed by atoms with Crippen LogP contribution in [0.2, 0.25) is 0 Å². The van der Waals surface area contributed by atoms with Gasteiger partial charge in [0.25, 0.3) is 11.8 Å². The Balaban J connectivity index is 1.57. The van der Waals surface area contributed by atoms with Gasteiger partial charge < -0.3 is 14.4 Å². The molecule has 2 amide bonds. The normalized spacial score (nSPS) is 17.2. The highest BCUT2D eigenvalue weighted by atomic mass is 16.5. The number of carbonyl (C=O) groups excluding carboxylic acids is 2. The highest BCUT2D eigenvalue weighted by molar-refractivity contribution is 6.35. The smallest absolute Gasteiger partial charge is 0.277 e. The van der Waals surface area contributed by atoms with Crippen LogP contribution in [0.3, 0.4) is 0 Å². The van der Waals surface area contributed by atoms with Crippen molar-refractivity contribution in [3.63, 3.8) is 0 Å². The number of ether oxygens (including phenoxy) is 2. The SMILES string of the molecule is COc1ccc(OCCN2C(=O)C(c3ccc(C)cc3C)=C(N3CCC(C)CC3)C2=O)cc1. The van der Waals surface area contributed by atoms with E-state index < -0.39 is 0 Å². The standard InChI is InChI=1S/C27H32N2O4/c1-18-11-13-28(14-12-18)25-24(23-10-5-19(2)17-20(23)3)26(30)29(27(25)31)15-16-33-22-8-6-21(32-4)7-9-22/h5-10,17-18H,11-16H2,1-4H3. The van der Waals surface area contributed by atoms with Crippen molar-refractivity contribution in [1.29, 1.82) is 0 Å². The Morgan fingerprint density at radius 2 is 1.61 bits per heavy atom. The van der Waals surface area contributed by atoms with Gasteiger partial charge in [-0.2, -0.15) is 0 Å². The zero-order chi connectivity index (χ0) is 23.5. The van der Waals surface area contributed by atoms with Crippen molar-refractivity contribution < 1.29 is 19.1 Å². The maximum atomic E-state index is 13.5. The summed E-state index contributed by atoms with van der Waals surface area (Å²) in [5.74, 6) is 1.59. The molecule has 2 aromatic rings. The van der Waals surface area contributed by atoms with Crippen molar-refractivity contribution in [3.05, 3.63) is 64.9 Å². The van der Waals surface area contributed by atoms with Crippen LogP contribution in [0.1, 0.15) is 36.5 Å². The lowest BCUT2D eigenvalue weighted by molar-refractivity contribution is -0.138. The summed E-state index contributed by atoms with van der Waals surface area (Å²) < 4.78 is 11.0. The van der Waals surface area contributed by atoms with Crippen LogP contribution in [0.4, 0.5) is 0 Å². The number of nitrogens with zero attached hydrogens (tertiary/aromatic N) is 2. The molecule has 174 valence electrons. The maximum Gasteiger partial charge on any atom is 0.277 e. The highest BCUT2D eigenvalue weighted by Gasteiger charge is 2.42. The molecule has 0 radical (unpaired) electrons. The van der Waals surface area contributed by atoms with E-state index in [0.717, 1.165) is 48.4 Å². The Labute approximate surface area is 195 Å². The average molecular weight is 449 g/mol. The minimum Gasteiger partial charge on any atom is -0.497 e. The second-order valence-electron chi connectivity index (χ2n) is 9.00. The monoisotopic (exact) mass is 448 g/mol. The molecule has 1 saturated heterocycles. The van der Waals surface area contributed by atoms with Crippen molar-refractivity contribution in [2.24, 2.45) is 5.92 Å². The fourth-order valence-electron chi connectivity index (χ4n) is 4.56. The second kappa shape index (κ2) is 9.69. The average Bonchev–Trinajstić information content (AvgIpc) is 3.05. The quantitative estimate of drug-likeness (QED) is 0.594. The van der Waals surface area contributed by atoms with E-state index >= 15 is 0 Å². The summed E-state index contributed by atoms with van der Waals surface area (Å²) in [4.78, 5) is 30.5. The van der Waals surface area contributed by atoms with E-state index in [2.05, 4.69) is 17.9 Å².